The lowest BCUT2D eigenvalue weighted by molar-refractivity contribution is 0.0466. The third-order valence-electron chi connectivity index (χ3n) is 2.74. The van der Waals surface area contributed by atoms with Gasteiger partial charge in [-0.2, -0.15) is 0 Å². The maximum absolute atomic E-state index is 10.7. The first kappa shape index (κ1) is 11.0. The highest BCUT2D eigenvalue weighted by Gasteiger charge is 2.26. The summed E-state index contributed by atoms with van der Waals surface area (Å²) >= 11 is 0. The second-order valence-electron chi connectivity index (χ2n) is 3.94. The average molecular weight is 221 g/mol. The lowest BCUT2D eigenvalue weighted by Crippen LogP contribution is -2.28. The Kier molecular flexibility index (Phi) is 3.41. The van der Waals surface area contributed by atoms with E-state index in [9.17, 15) is 4.79 Å². The van der Waals surface area contributed by atoms with Crippen molar-refractivity contribution in [3.63, 3.8) is 0 Å². The molecule has 4 heteroatoms. The molecule has 0 radical (unpaired) electrons. The molecule has 1 amide bonds. The van der Waals surface area contributed by atoms with Crippen LogP contribution >= 0.6 is 0 Å². The van der Waals surface area contributed by atoms with Crippen LogP contribution in [0.5, 0.6) is 0 Å². The first-order valence-electron chi connectivity index (χ1n) is 5.39. The lowest BCUT2D eigenvalue weighted by atomic mass is 10.2. The van der Waals surface area contributed by atoms with Crippen molar-refractivity contribution < 1.29 is 14.6 Å². The van der Waals surface area contributed by atoms with Crippen LogP contribution < -0.4 is 0 Å². The number of carbonyl (C=O) groups is 1. The molecule has 0 spiro atoms. The van der Waals surface area contributed by atoms with Gasteiger partial charge in [0.15, 0.2) is 0 Å². The molecular formula is C12H15NO3. The van der Waals surface area contributed by atoms with Crippen LogP contribution in [0.1, 0.15) is 12.0 Å². The molecule has 1 N–H and O–H groups in total. The van der Waals surface area contributed by atoms with Crippen LogP contribution in [0.3, 0.4) is 0 Å². The molecular weight excluding hydrogens is 206 g/mol. The fraction of sp³-hybridized carbons (Fsp3) is 0.417. The van der Waals surface area contributed by atoms with Gasteiger partial charge >= 0.3 is 6.09 Å². The van der Waals surface area contributed by atoms with Crippen LogP contribution in [0.15, 0.2) is 30.3 Å². The molecule has 1 aromatic rings. The summed E-state index contributed by atoms with van der Waals surface area (Å²) in [5, 5.41) is 8.79. The minimum Gasteiger partial charge on any atom is -0.465 e. The first-order chi connectivity index (χ1) is 7.75. The maximum Gasteiger partial charge on any atom is 0.407 e. The van der Waals surface area contributed by atoms with Gasteiger partial charge in [-0.15, -0.1) is 0 Å². The zero-order valence-corrected chi connectivity index (χ0v) is 9.00. The number of likely N-dealkylation sites (tertiary alicyclic amines) is 1. The average Bonchev–Trinajstić information content (AvgIpc) is 2.76. The number of hydrogen-bond acceptors (Lipinski definition) is 2. The summed E-state index contributed by atoms with van der Waals surface area (Å²) in [4.78, 5) is 12.1. The largest absolute Gasteiger partial charge is 0.465 e. The van der Waals surface area contributed by atoms with Crippen LogP contribution in [-0.4, -0.2) is 35.3 Å². The highest BCUT2D eigenvalue weighted by molar-refractivity contribution is 5.65. The number of amides is 1. The summed E-state index contributed by atoms with van der Waals surface area (Å²) in [6, 6.07) is 9.91. The van der Waals surface area contributed by atoms with E-state index in [0.29, 0.717) is 19.7 Å². The molecule has 0 saturated carbocycles. The number of benzene rings is 1. The third kappa shape index (κ3) is 2.73. The highest BCUT2D eigenvalue weighted by atomic mass is 16.5. The summed E-state index contributed by atoms with van der Waals surface area (Å²) in [7, 11) is 0. The summed E-state index contributed by atoms with van der Waals surface area (Å²) in [6.45, 7) is 1.62. The number of rotatable bonds is 3. The van der Waals surface area contributed by atoms with Gasteiger partial charge in [0.05, 0.1) is 19.3 Å². The van der Waals surface area contributed by atoms with E-state index in [1.807, 2.05) is 30.3 Å². The summed E-state index contributed by atoms with van der Waals surface area (Å²) < 4.78 is 5.66. The van der Waals surface area contributed by atoms with Gasteiger partial charge < -0.3 is 14.7 Å². The second-order valence-corrected chi connectivity index (χ2v) is 3.94. The molecule has 1 aliphatic rings. The zero-order chi connectivity index (χ0) is 11.4. The van der Waals surface area contributed by atoms with E-state index in [0.717, 1.165) is 12.0 Å². The van der Waals surface area contributed by atoms with E-state index in [4.69, 9.17) is 9.84 Å². The summed E-state index contributed by atoms with van der Waals surface area (Å²) in [6.07, 6.45) is -0.0267. The Morgan fingerprint density at radius 1 is 1.44 bits per heavy atom. The number of ether oxygens (including phenoxy) is 1. The number of carboxylic acid groups (broad SMARTS) is 1. The van der Waals surface area contributed by atoms with Crippen molar-refractivity contribution in [3.8, 4) is 0 Å². The second kappa shape index (κ2) is 4.99. The first-order valence-corrected chi connectivity index (χ1v) is 5.39. The van der Waals surface area contributed by atoms with Gasteiger partial charge in [-0.1, -0.05) is 30.3 Å². The zero-order valence-electron chi connectivity index (χ0n) is 9.00. The van der Waals surface area contributed by atoms with E-state index in [-0.39, 0.29) is 6.10 Å². The predicted molar refractivity (Wildman–Crippen MR) is 59.2 cm³/mol. The fourth-order valence-corrected chi connectivity index (χ4v) is 1.83. The quantitative estimate of drug-likeness (QED) is 0.848. The molecule has 1 saturated heterocycles. The minimum absolute atomic E-state index is 0.0382. The molecule has 0 bridgehead atoms. The number of nitrogens with zero attached hydrogens (tertiary/aromatic N) is 1. The Bertz CT molecular complexity index is 353. The van der Waals surface area contributed by atoms with Crippen molar-refractivity contribution in [2.75, 3.05) is 13.1 Å². The molecule has 1 aromatic carbocycles. The highest BCUT2D eigenvalue weighted by Crippen LogP contribution is 2.14. The van der Waals surface area contributed by atoms with Crippen LogP contribution in [0.4, 0.5) is 4.79 Å². The summed E-state index contributed by atoms with van der Waals surface area (Å²) in [5.74, 6) is 0. The molecule has 0 aromatic heterocycles. The monoisotopic (exact) mass is 221 g/mol. The van der Waals surface area contributed by atoms with Gasteiger partial charge in [0.2, 0.25) is 0 Å². The van der Waals surface area contributed by atoms with Gasteiger partial charge in [-0.25, -0.2) is 4.79 Å². The Morgan fingerprint density at radius 3 is 2.81 bits per heavy atom. The van der Waals surface area contributed by atoms with Crippen molar-refractivity contribution in [3.05, 3.63) is 35.9 Å². The van der Waals surface area contributed by atoms with E-state index < -0.39 is 6.09 Å². The Balaban J connectivity index is 1.78. The smallest absolute Gasteiger partial charge is 0.407 e. The normalized spacial score (nSPS) is 20.0. The molecule has 1 aliphatic heterocycles. The standard InChI is InChI=1S/C12H15NO3/c14-12(15)13-7-6-11(8-13)16-9-10-4-2-1-3-5-10/h1-5,11H,6-9H2,(H,14,15). The van der Waals surface area contributed by atoms with Crippen LogP contribution in [-0.2, 0) is 11.3 Å². The Labute approximate surface area is 94.4 Å². The van der Waals surface area contributed by atoms with Gasteiger partial charge in [0, 0.05) is 6.54 Å². The van der Waals surface area contributed by atoms with E-state index in [1.54, 1.807) is 0 Å². The molecule has 4 nitrogen and oxygen atoms in total. The summed E-state index contributed by atoms with van der Waals surface area (Å²) in [5.41, 5.74) is 1.12. The van der Waals surface area contributed by atoms with Gasteiger partial charge in [-0.3, -0.25) is 0 Å². The predicted octanol–water partition coefficient (Wildman–Crippen LogP) is 1.96. The van der Waals surface area contributed by atoms with Crippen LogP contribution in [0.25, 0.3) is 0 Å². The van der Waals surface area contributed by atoms with Gasteiger partial charge in [-0.05, 0) is 12.0 Å². The van der Waals surface area contributed by atoms with Gasteiger partial charge in [0.25, 0.3) is 0 Å². The lowest BCUT2D eigenvalue weighted by Gasteiger charge is -2.13. The van der Waals surface area contributed by atoms with Crippen LogP contribution in [0, 0.1) is 0 Å². The molecule has 86 valence electrons. The molecule has 1 unspecified atom stereocenters. The van der Waals surface area contributed by atoms with Crippen molar-refractivity contribution >= 4 is 6.09 Å². The maximum atomic E-state index is 10.7. The molecule has 1 atom stereocenters. The Hall–Kier alpha value is -1.55. The topological polar surface area (TPSA) is 49.8 Å². The van der Waals surface area contributed by atoms with E-state index in [1.165, 1.54) is 4.90 Å². The van der Waals surface area contributed by atoms with Crippen molar-refractivity contribution in [1.82, 2.24) is 4.90 Å². The van der Waals surface area contributed by atoms with Crippen LogP contribution in [0.2, 0.25) is 0 Å². The van der Waals surface area contributed by atoms with Crippen molar-refractivity contribution in [1.29, 1.82) is 0 Å². The fourth-order valence-electron chi connectivity index (χ4n) is 1.83. The van der Waals surface area contributed by atoms with Crippen molar-refractivity contribution in [2.45, 2.75) is 19.1 Å². The van der Waals surface area contributed by atoms with E-state index in [2.05, 4.69) is 0 Å². The Morgan fingerprint density at radius 2 is 2.19 bits per heavy atom. The minimum atomic E-state index is -0.856. The van der Waals surface area contributed by atoms with Crippen molar-refractivity contribution in [2.24, 2.45) is 0 Å². The van der Waals surface area contributed by atoms with Gasteiger partial charge in [0.1, 0.15) is 0 Å². The molecule has 1 heterocycles. The molecule has 16 heavy (non-hydrogen) atoms. The molecule has 1 fully saturated rings. The third-order valence-corrected chi connectivity index (χ3v) is 2.74. The molecule has 2 rings (SSSR count). The number of hydrogen-bond donors (Lipinski definition) is 1. The van der Waals surface area contributed by atoms with E-state index >= 15 is 0 Å². The SMILES string of the molecule is O=C(O)N1CCC(OCc2ccccc2)C1. The molecule has 0 aliphatic carbocycles.